The van der Waals surface area contributed by atoms with Gasteiger partial charge in [0.2, 0.25) is 5.13 Å². The fourth-order valence-electron chi connectivity index (χ4n) is 1.83. The van der Waals surface area contributed by atoms with E-state index in [1.807, 2.05) is 23.6 Å². The van der Waals surface area contributed by atoms with Crippen molar-refractivity contribution in [3.8, 4) is 0 Å². The van der Waals surface area contributed by atoms with Gasteiger partial charge in [-0.1, -0.05) is 12.1 Å². The summed E-state index contributed by atoms with van der Waals surface area (Å²) in [5, 5.41) is 3.09. The summed E-state index contributed by atoms with van der Waals surface area (Å²) >= 11 is 2.76. The molecule has 0 N–H and O–H groups in total. The Hall–Kier alpha value is -2.25. The Morgan fingerprint density at radius 3 is 2.91 bits per heavy atom. The molecule has 3 rings (SSSR count). The average molecular weight is 328 g/mol. The van der Waals surface area contributed by atoms with Gasteiger partial charge in [-0.05, 0) is 30.0 Å². The molecule has 1 amide bonds. The summed E-state index contributed by atoms with van der Waals surface area (Å²) < 4.78 is 0. The average Bonchev–Trinajstić information content (AvgIpc) is 3.13. The third-order valence-corrected chi connectivity index (χ3v) is 4.45. The zero-order valence-corrected chi connectivity index (χ0v) is 13.2. The topological polar surface area (TPSA) is 58.5 Å². The molecule has 5 nitrogen and oxygen atoms in total. The van der Waals surface area contributed by atoms with Crippen molar-refractivity contribution in [3.05, 3.63) is 59.2 Å². The molecule has 0 radical (unpaired) electrons. The Morgan fingerprint density at radius 1 is 1.32 bits per heavy atom. The number of hydrogen-bond acceptors (Lipinski definition) is 6. The van der Waals surface area contributed by atoms with Crippen LogP contribution in [0, 0.1) is 0 Å². The molecular weight excluding hydrogens is 316 g/mol. The molecule has 1 aliphatic heterocycles. The molecule has 0 aliphatic carbocycles. The van der Waals surface area contributed by atoms with Crippen LogP contribution in [0.2, 0.25) is 0 Å². The standard InChI is InChI=1S/C15H12N4OS2/c1-2-8-19-13(20)12(10-11-5-3-4-6-16-11)22-15(19)18-14-17-7-9-21-14/h2-7,9-10H,1,8H2/b12-10-,18-15+. The number of carbonyl (C=O) groups excluding carboxylic acids is 1. The van der Waals surface area contributed by atoms with Gasteiger partial charge in [0, 0.05) is 24.3 Å². The largest absolute Gasteiger partial charge is 0.282 e. The Balaban J connectivity index is 1.93. The van der Waals surface area contributed by atoms with Crippen LogP contribution in [-0.4, -0.2) is 32.5 Å². The Morgan fingerprint density at radius 2 is 2.23 bits per heavy atom. The van der Waals surface area contributed by atoms with Gasteiger partial charge in [-0.2, -0.15) is 4.99 Å². The summed E-state index contributed by atoms with van der Waals surface area (Å²) in [7, 11) is 0. The van der Waals surface area contributed by atoms with Crippen molar-refractivity contribution >= 4 is 45.4 Å². The molecule has 0 atom stereocenters. The fourth-order valence-corrected chi connectivity index (χ4v) is 3.37. The molecule has 0 bridgehead atoms. The predicted octanol–water partition coefficient (Wildman–Crippen LogP) is 3.33. The van der Waals surface area contributed by atoms with Crippen LogP contribution in [0.25, 0.3) is 6.08 Å². The van der Waals surface area contributed by atoms with Gasteiger partial charge in [-0.25, -0.2) is 4.98 Å². The van der Waals surface area contributed by atoms with Crippen LogP contribution in [0.4, 0.5) is 5.13 Å². The quantitative estimate of drug-likeness (QED) is 0.638. The fraction of sp³-hybridized carbons (Fsp3) is 0.0667. The molecular formula is C15H12N4OS2. The number of nitrogens with zero attached hydrogens (tertiary/aromatic N) is 4. The second kappa shape index (κ2) is 6.67. The first-order valence-corrected chi connectivity index (χ1v) is 8.19. The highest BCUT2D eigenvalue weighted by molar-refractivity contribution is 8.18. The van der Waals surface area contributed by atoms with E-state index in [0.717, 1.165) is 5.69 Å². The van der Waals surface area contributed by atoms with Crippen molar-refractivity contribution in [2.45, 2.75) is 0 Å². The van der Waals surface area contributed by atoms with Crippen molar-refractivity contribution in [2.75, 3.05) is 6.54 Å². The van der Waals surface area contributed by atoms with E-state index in [1.54, 1.807) is 29.4 Å². The number of amides is 1. The molecule has 0 spiro atoms. The molecule has 1 saturated heterocycles. The van der Waals surface area contributed by atoms with Gasteiger partial charge in [0.15, 0.2) is 5.17 Å². The summed E-state index contributed by atoms with van der Waals surface area (Å²) in [4.78, 5) is 27.5. The van der Waals surface area contributed by atoms with Crippen molar-refractivity contribution < 1.29 is 4.79 Å². The second-order valence-electron chi connectivity index (χ2n) is 4.28. The second-order valence-corrected chi connectivity index (χ2v) is 6.16. The van der Waals surface area contributed by atoms with E-state index >= 15 is 0 Å². The number of thioether (sulfide) groups is 1. The zero-order chi connectivity index (χ0) is 15.4. The van der Waals surface area contributed by atoms with Crippen LogP contribution in [0.3, 0.4) is 0 Å². The number of aromatic nitrogens is 2. The lowest BCUT2D eigenvalue weighted by Crippen LogP contribution is -2.29. The smallest absolute Gasteiger partial charge is 0.267 e. The maximum atomic E-state index is 12.5. The van der Waals surface area contributed by atoms with E-state index in [2.05, 4.69) is 21.5 Å². The third kappa shape index (κ3) is 3.15. The molecule has 0 unspecified atom stereocenters. The summed E-state index contributed by atoms with van der Waals surface area (Å²) in [6.07, 6.45) is 6.84. The van der Waals surface area contributed by atoms with Crippen LogP contribution < -0.4 is 0 Å². The number of rotatable bonds is 4. The number of aliphatic imine (C=N–C) groups is 1. The zero-order valence-electron chi connectivity index (χ0n) is 11.5. The highest BCUT2D eigenvalue weighted by atomic mass is 32.2. The number of carbonyl (C=O) groups is 1. The van der Waals surface area contributed by atoms with Crippen molar-refractivity contribution in [1.82, 2.24) is 14.9 Å². The van der Waals surface area contributed by atoms with Gasteiger partial charge in [0.1, 0.15) is 0 Å². The van der Waals surface area contributed by atoms with E-state index < -0.39 is 0 Å². The van der Waals surface area contributed by atoms with Gasteiger partial charge in [-0.15, -0.1) is 17.9 Å². The molecule has 3 heterocycles. The van der Waals surface area contributed by atoms with Crippen molar-refractivity contribution in [3.63, 3.8) is 0 Å². The molecule has 22 heavy (non-hydrogen) atoms. The van der Waals surface area contributed by atoms with Crippen molar-refractivity contribution in [2.24, 2.45) is 4.99 Å². The lowest BCUT2D eigenvalue weighted by atomic mass is 10.3. The summed E-state index contributed by atoms with van der Waals surface area (Å²) in [6, 6.07) is 5.58. The highest BCUT2D eigenvalue weighted by Crippen LogP contribution is 2.34. The molecule has 1 aliphatic rings. The molecule has 1 fully saturated rings. The van der Waals surface area contributed by atoms with Crippen LogP contribution in [0.5, 0.6) is 0 Å². The van der Waals surface area contributed by atoms with E-state index in [0.29, 0.717) is 21.7 Å². The minimum Gasteiger partial charge on any atom is -0.282 e. The van der Waals surface area contributed by atoms with E-state index in [1.165, 1.54) is 23.1 Å². The summed E-state index contributed by atoms with van der Waals surface area (Å²) in [6.45, 7) is 4.11. The van der Waals surface area contributed by atoms with Gasteiger partial charge >= 0.3 is 0 Å². The molecule has 2 aromatic rings. The molecule has 0 saturated carbocycles. The van der Waals surface area contributed by atoms with Gasteiger partial charge in [0.25, 0.3) is 5.91 Å². The first-order chi connectivity index (χ1) is 10.8. The Bertz CT molecular complexity index is 738. The lowest BCUT2D eigenvalue weighted by Gasteiger charge is -2.11. The summed E-state index contributed by atoms with van der Waals surface area (Å²) in [5.74, 6) is -0.0918. The van der Waals surface area contributed by atoms with E-state index in [9.17, 15) is 4.79 Å². The maximum absolute atomic E-state index is 12.5. The molecule has 0 aromatic carbocycles. The minimum absolute atomic E-state index is 0.0918. The van der Waals surface area contributed by atoms with Crippen LogP contribution in [0.1, 0.15) is 5.69 Å². The van der Waals surface area contributed by atoms with Crippen LogP contribution >= 0.6 is 23.1 Å². The molecule has 110 valence electrons. The highest BCUT2D eigenvalue weighted by Gasteiger charge is 2.32. The molecule has 7 heteroatoms. The number of hydrogen-bond donors (Lipinski definition) is 0. The number of amidine groups is 1. The lowest BCUT2D eigenvalue weighted by molar-refractivity contribution is -0.121. The SMILES string of the molecule is C=CCN1C(=O)/C(=C/c2ccccn2)S/C1=N/c1nccs1. The Kier molecular flexibility index (Phi) is 4.45. The number of thiazole rings is 1. The predicted molar refractivity (Wildman–Crippen MR) is 90.9 cm³/mol. The minimum atomic E-state index is -0.0918. The van der Waals surface area contributed by atoms with E-state index in [4.69, 9.17) is 0 Å². The van der Waals surface area contributed by atoms with Crippen LogP contribution in [-0.2, 0) is 4.79 Å². The van der Waals surface area contributed by atoms with Crippen molar-refractivity contribution in [1.29, 1.82) is 0 Å². The van der Waals surface area contributed by atoms with Gasteiger partial charge in [0.05, 0.1) is 10.6 Å². The maximum Gasteiger partial charge on any atom is 0.267 e. The first-order valence-electron chi connectivity index (χ1n) is 6.49. The van der Waals surface area contributed by atoms with Gasteiger partial charge in [-0.3, -0.25) is 14.7 Å². The first kappa shape index (κ1) is 14.7. The van der Waals surface area contributed by atoms with Crippen LogP contribution in [0.15, 0.2) is 58.5 Å². The normalized spacial score (nSPS) is 18.4. The van der Waals surface area contributed by atoms with E-state index in [-0.39, 0.29) is 5.91 Å². The monoisotopic (exact) mass is 328 g/mol. The third-order valence-electron chi connectivity index (χ3n) is 2.78. The summed E-state index contributed by atoms with van der Waals surface area (Å²) in [5.41, 5.74) is 0.743. The Labute approximate surface area is 136 Å². The van der Waals surface area contributed by atoms with Gasteiger partial charge < -0.3 is 0 Å². The number of pyridine rings is 1. The molecule has 2 aromatic heterocycles.